The molecule has 3 nitrogen and oxygen atoms in total. The average Bonchev–Trinajstić information content (AvgIpc) is 2.62. The van der Waals surface area contributed by atoms with Gasteiger partial charge in [0.05, 0.1) is 11.3 Å². The third-order valence-corrected chi connectivity index (χ3v) is 4.98. The fourth-order valence-corrected chi connectivity index (χ4v) is 3.84. The molecule has 2 aliphatic rings. The number of hydrogen-bond acceptors (Lipinski definition) is 2. The summed E-state index contributed by atoms with van der Waals surface area (Å²) in [4.78, 5) is 13.5. The molecule has 20 heavy (non-hydrogen) atoms. The fourth-order valence-electron chi connectivity index (χ4n) is 3.68. The summed E-state index contributed by atoms with van der Waals surface area (Å²) in [5.74, 6) is -0.876. The minimum atomic E-state index is -0.876. The molecular weight excluding hydrogens is 274 g/mol. The molecule has 0 amide bonds. The van der Waals surface area contributed by atoms with Crippen molar-refractivity contribution in [3.8, 4) is 0 Å². The van der Waals surface area contributed by atoms with E-state index in [1.54, 1.807) is 18.2 Å². The number of nitrogens with zero attached hydrogens (tertiary/aromatic N) is 1. The van der Waals surface area contributed by atoms with Gasteiger partial charge in [0.25, 0.3) is 0 Å². The number of halogens is 1. The van der Waals surface area contributed by atoms with Gasteiger partial charge in [0.15, 0.2) is 0 Å². The zero-order chi connectivity index (χ0) is 14.2. The van der Waals surface area contributed by atoms with Crippen molar-refractivity contribution >= 4 is 23.3 Å². The van der Waals surface area contributed by atoms with E-state index < -0.39 is 5.97 Å². The van der Waals surface area contributed by atoms with Crippen LogP contribution in [0.15, 0.2) is 18.2 Å². The van der Waals surface area contributed by atoms with E-state index in [0.29, 0.717) is 16.0 Å². The molecule has 0 radical (unpaired) electrons. The highest BCUT2D eigenvalue weighted by molar-refractivity contribution is 6.31. The minimum Gasteiger partial charge on any atom is -0.478 e. The van der Waals surface area contributed by atoms with Crippen molar-refractivity contribution in [1.29, 1.82) is 0 Å². The molecule has 1 aliphatic heterocycles. The quantitative estimate of drug-likeness (QED) is 0.888. The third-order valence-electron chi connectivity index (χ3n) is 4.75. The van der Waals surface area contributed by atoms with Crippen LogP contribution in [-0.4, -0.2) is 24.2 Å². The van der Waals surface area contributed by atoms with E-state index in [0.717, 1.165) is 18.8 Å². The topological polar surface area (TPSA) is 40.5 Å². The van der Waals surface area contributed by atoms with Crippen molar-refractivity contribution in [2.24, 2.45) is 5.41 Å². The SMILES string of the molecule is O=C(O)c1ccc(Cl)cc1N1CC2(CCCCCC2)C1. The summed E-state index contributed by atoms with van der Waals surface area (Å²) in [6.07, 6.45) is 7.89. The minimum absolute atomic E-state index is 0.359. The number of anilines is 1. The molecule has 1 saturated heterocycles. The van der Waals surface area contributed by atoms with Crippen molar-refractivity contribution in [3.63, 3.8) is 0 Å². The zero-order valence-corrected chi connectivity index (χ0v) is 12.3. The van der Waals surface area contributed by atoms with Gasteiger partial charge in [-0.3, -0.25) is 0 Å². The Morgan fingerprint density at radius 3 is 2.40 bits per heavy atom. The molecule has 1 aliphatic carbocycles. The first-order valence-corrected chi connectivity index (χ1v) is 7.75. The van der Waals surface area contributed by atoms with Crippen LogP contribution in [0.4, 0.5) is 5.69 Å². The number of carbonyl (C=O) groups is 1. The third kappa shape index (κ3) is 2.51. The number of benzene rings is 1. The summed E-state index contributed by atoms with van der Waals surface area (Å²) in [6, 6.07) is 5.04. The molecule has 1 saturated carbocycles. The fraction of sp³-hybridized carbons (Fsp3) is 0.562. The van der Waals surface area contributed by atoms with E-state index in [9.17, 15) is 9.90 Å². The first-order valence-electron chi connectivity index (χ1n) is 7.38. The highest BCUT2D eigenvalue weighted by Gasteiger charge is 2.43. The lowest BCUT2D eigenvalue weighted by atomic mass is 9.73. The Morgan fingerprint density at radius 2 is 1.80 bits per heavy atom. The molecule has 1 aromatic carbocycles. The molecule has 1 aromatic rings. The number of rotatable bonds is 2. The van der Waals surface area contributed by atoms with Crippen molar-refractivity contribution in [2.45, 2.75) is 38.5 Å². The first kappa shape index (κ1) is 13.7. The van der Waals surface area contributed by atoms with Gasteiger partial charge in [0.2, 0.25) is 0 Å². The van der Waals surface area contributed by atoms with Gasteiger partial charge in [0.1, 0.15) is 0 Å². The summed E-state index contributed by atoms with van der Waals surface area (Å²) in [7, 11) is 0. The summed E-state index contributed by atoms with van der Waals surface area (Å²) in [5.41, 5.74) is 1.56. The van der Waals surface area contributed by atoms with Gasteiger partial charge < -0.3 is 10.0 Å². The Morgan fingerprint density at radius 1 is 1.15 bits per heavy atom. The van der Waals surface area contributed by atoms with E-state index >= 15 is 0 Å². The van der Waals surface area contributed by atoms with Crippen LogP contribution in [0.2, 0.25) is 5.02 Å². The maximum absolute atomic E-state index is 11.3. The van der Waals surface area contributed by atoms with Gasteiger partial charge in [-0.2, -0.15) is 0 Å². The standard InChI is InChI=1S/C16H20ClNO2/c17-12-5-6-13(15(19)20)14(9-12)18-10-16(11-18)7-3-1-2-4-8-16/h5-6,9H,1-4,7-8,10-11H2,(H,19,20). The molecular formula is C16H20ClNO2. The van der Waals surface area contributed by atoms with Crippen LogP contribution in [0.25, 0.3) is 0 Å². The van der Waals surface area contributed by atoms with Gasteiger partial charge in [-0.1, -0.05) is 37.3 Å². The van der Waals surface area contributed by atoms with Crippen molar-refractivity contribution in [1.82, 2.24) is 0 Å². The maximum Gasteiger partial charge on any atom is 0.337 e. The Hall–Kier alpha value is -1.22. The predicted octanol–water partition coefficient (Wildman–Crippen LogP) is 4.20. The largest absolute Gasteiger partial charge is 0.478 e. The van der Waals surface area contributed by atoms with Gasteiger partial charge in [-0.25, -0.2) is 4.79 Å². The van der Waals surface area contributed by atoms with Crippen LogP contribution in [-0.2, 0) is 0 Å². The monoisotopic (exact) mass is 293 g/mol. The Labute approximate surface area is 124 Å². The van der Waals surface area contributed by atoms with E-state index in [2.05, 4.69) is 4.90 Å². The lowest BCUT2D eigenvalue weighted by Crippen LogP contribution is -2.56. The lowest BCUT2D eigenvalue weighted by Gasteiger charge is -2.52. The molecule has 0 bridgehead atoms. The molecule has 0 aromatic heterocycles. The average molecular weight is 294 g/mol. The zero-order valence-electron chi connectivity index (χ0n) is 11.6. The number of hydrogen-bond donors (Lipinski definition) is 1. The summed E-state index contributed by atoms with van der Waals surface area (Å²) in [5, 5.41) is 9.91. The van der Waals surface area contributed by atoms with Crippen LogP contribution >= 0.6 is 11.6 Å². The van der Waals surface area contributed by atoms with Gasteiger partial charge in [-0.05, 0) is 31.0 Å². The Bertz CT molecular complexity index is 513. The van der Waals surface area contributed by atoms with Crippen LogP contribution in [0, 0.1) is 5.41 Å². The molecule has 0 unspecified atom stereocenters. The van der Waals surface area contributed by atoms with Gasteiger partial charge in [-0.15, -0.1) is 0 Å². The van der Waals surface area contributed by atoms with Crippen LogP contribution in [0.5, 0.6) is 0 Å². The highest BCUT2D eigenvalue weighted by atomic mass is 35.5. The first-order chi connectivity index (χ1) is 9.60. The van der Waals surface area contributed by atoms with Crippen molar-refractivity contribution in [3.05, 3.63) is 28.8 Å². The Kier molecular flexibility index (Phi) is 3.63. The molecule has 1 N–H and O–H groups in total. The van der Waals surface area contributed by atoms with Crippen molar-refractivity contribution < 1.29 is 9.90 Å². The summed E-state index contributed by atoms with van der Waals surface area (Å²) in [6.45, 7) is 1.96. The molecule has 1 heterocycles. The normalized spacial score (nSPS) is 21.4. The van der Waals surface area contributed by atoms with Gasteiger partial charge in [0, 0.05) is 23.5 Å². The molecule has 108 valence electrons. The second-order valence-electron chi connectivity index (χ2n) is 6.24. The maximum atomic E-state index is 11.3. The summed E-state index contributed by atoms with van der Waals surface area (Å²) < 4.78 is 0. The molecule has 3 rings (SSSR count). The summed E-state index contributed by atoms with van der Waals surface area (Å²) >= 11 is 6.03. The predicted molar refractivity (Wildman–Crippen MR) is 80.8 cm³/mol. The molecule has 4 heteroatoms. The molecule has 1 spiro atoms. The van der Waals surface area contributed by atoms with E-state index in [4.69, 9.17) is 11.6 Å². The van der Waals surface area contributed by atoms with E-state index in [1.807, 2.05) is 0 Å². The number of aromatic carboxylic acids is 1. The smallest absolute Gasteiger partial charge is 0.337 e. The number of carboxylic acids is 1. The van der Waals surface area contributed by atoms with Crippen molar-refractivity contribution in [2.75, 3.05) is 18.0 Å². The lowest BCUT2D eigenvalue weighted by molar-refractivity contribution is 0.0696. The molecule has 2 fully saturated rings. The van der Waals surface area contributed by atoms with E-state index in [1.165, 1.54) is 38.5 Å². The highest BCUT2D eigenvalue weighted by Crippen LogP contribution is 2.45. The Balaban J connectivity index is 1.79. The van der Waals surface area contributed by atoms with Crippen LogP contribution in [0.1, 0.15) is 48.9 Å². The van der Waals surface area contributed by atoms with Crippen LogP contribution < -0.4 is 4.90 Å². The second kappa shape index (κ2) is 5.28. The van der Waals surface area contributed by atoms with Gasteiger partial charge >= 0.3 is 5.97 Å². The van der Waals surface area contributed by atoms with Crippen LogP contribution in [0.3, 0.4) is 0 Å². The second-order valence-corrected chi connectivity index (χ2v) is 6.67. The van der Waals surface area contributed by atoms with E-state index in [-0.39, 0.29) is 0 Å². The number of carboxylic acid groups (broad SMARTS) is 1. The molecule has 0 atom stereocenters.